The van der Waals surface area contributed by atoms with Crippen molar-refractivity contribution < 1.29 is 14.7 Å². The van der Waals surface area contributed by atoms with Crippen LogP contribution in [-0.2, 0) is 16.1 Å². The van der Waals surface area contributed by atoms with Crippen molar-refractivity contribution in [1.29, 1.82) is 0 Å². The van der Waals surface area contributed by atoms with Crippen molar-refractivity contribution in [3.05, 3.63) is 127 Å². The first kappa shape index (κ1) is 27.7. The van der Waals surface area contributed by atoms with Gasteiger partial charge in [-0.2, -0.15) is 0 Å². The number of aliphatic hydroxyl groups excluding tert-OH is 1. The van der Waals surface area contributed by atoms with E-state index in [1.54, 1.807) is 19.2 Å². The molecule has 0 bridgehead atoms. The Kier molecular flexibility index (Phi) is 8.29. The second kappa shape index (κ2) is 12.6. The molecule has 0 aliphatic carbocycles. The zero-order valence-corrected chi connectivity index (χ0v) is 22.8. The molecular weight excluding hydrogens is 528 g/mol. The van der Waals surface area contributed by atoms with E-state index in [2.05, 4.69) is 10.3 Å². The van der Waals surface area contributed by atoms with Crippen LogP contribution < -0.4 is 11.1 Å². The van der Waals surface area contributed by atoms with Crippen molar-refractivity contribution in [2.75, 3.05) is 5.73 Å². The van der Waals surface area contributed by atoms with Crippen LogP contribution in [0.25, 0.3) is 39.5 Å². The molecule has 0 fully saturated rings. The molecule has 4 N–H and O–H groups in total. The molecule has 0 saturated carbocycles. The Balaban J connectivity index is 1.46. The number of benzene rings is 2. The average molecular weight is 557 g/mol. The molecule has 3 aromatic heterocycles. The molecule has 0 aliphatic rings. The van der Waals surface area contributed by atoms with E-state index in [0.29, 0.717) is 40.2 Å². The number of aromatic nitrogens is 4. The first-order chi connectivity index (χ1) is 20.5. The van der Waals surface area contributed by atoms with Gasteiger partial charge in [-0.3, -0.25) is 14.2 Å². The number of rotatable bonds is 9. The molecule has 0 atom stereocenters. The quantitative estimate of drug-likeness (QED) is 0.124. The summed E-state index contributed by atoms with van der Waals surface area (Å²) < 4.78 is 1.96. The molecule has 42 heavy (non-hydrogen) atoms. The second-order valence-electron chi connectivity index (χ2n) is 9.26. The number of nitrogens with one attached hydrogen (secondary N) is 1. The lowest BCUT2D eigenvalue weighted by Gasteiger charge is -2.12. The highest BCUT2D eigenvalue weighted by atomic mass is 16.2. The molecule has 0 unspecified atom stereocenters. The molecule has 0 radical (unpaired) electrons. The summed E-state index contributed by atoms with van der Waals surface area (Å²) in [7, 11) is 0. The summed E-state index contributed by atoms with van der Waals surface area (Å²) >= 11 is 0. The lowest BCUT2D eigenvalue weighted by molar-refractivity contribution is -0.117. The van der Waals surface area contributed by atoms with Crippen LogP contribution in [0.4, 0.5) is 5.82 Å². The number of nitrogen functional groups attached to an aromatic ring is 1. The van der Waals surface area contributed by atoms with E-state index in [9.17, 15) is 9.59 Å². The van der Waals surface area contributed by atoms with Crippen LogP contribution >= 0.6 is 0 Å². The van der Waals surface area contributed by atoms with Crippen molar-refractivity contribution in [3.63, 3.8) is 0 Å². The standard InChI is InChI=1S/C33H28N6O3/c1-2-23(12-15-26(41)18-20-40)33(42)36-21-22-10-13-25(14-11-22)39-31(27-9-6-19-35-30(27)34)38-29-17-16-28(37-32(29)39)24-7-4-3-5-8-24/h2-20,40H,21H2,1H3,(H2,34,35)(H,36,42)/b15-12-,20-18?,23-2+. The number of nitrogens with two attached hydrogens (primary N) is 1. The maximum Gasteiger partial charge on any atom is 0.251 e. The number of anilines is 1. The van der Waals surface area contributed by atoms with Crippen LogP contribution in [0.1, 0.15) is 12.5 Å². The Morgan fingerprint density at radius 2 is 1.71 bits per heavy atom. The number of carbonyl (C=O) groups is 2. The average Bonchev–Trinajstić information content (AvgIpc) is 3.40. The molecule has 3 heterocycles. The molecule has 9 heteroatoms. The molecule has 5 aromatic rings. The van der Waals surface area contributed by atoms with Crippen LogP contribution in [0, 0.1) is 0 Å². The Morgan fingerprint density at radius 3 is 2.43 bits per heavy atom. The Bertz CT molecular complexity index is 1840. The van der Waals surface area contributed by atoms with E-state index in [0.717, 1.165) is 28.6 Å². The maximum atomic E-state index is 12.7. The Hall–Kier alpha value is -5.83. The van der Waals surface area contributed by atoms with Crippen LogP contribution in [-0.4, -0.2) is 36.3 Å². The second-order valence-corrected chi connectivity index (χ2v) is 9.26. The number of amides is 1. The fourth-order valence-corrected chi connectivity index (χ4v) is 4.41. The fraction of sp³-hybridized carbons (Fsp3) is 0.0606. The number of allylic oxidation sites excluding steroid dienone is 3. The largest absolute Gasteiger partial charge is 0.515 e. The minimum atomic E-state index is -0.426. The summed E-state index contributed by atoms with van der Waals surface area (Å²) in [6.07, 6.45) is 7.53. The third-order valence-electron chi connectivity index (χ3n) is 6.54. The minimum absolute atomic E-state index is 0.276. The van der Waals surface area contributed by atoms with Crippen LogP contribution in [0.2, 0.25) is 0 Å². The molecule has 9 nitrogen and oxygen atoms in total. The first-order valence-electron chi connectivity index (χ1n) is 13.2. The molecule has 0 aliphatic heterocycles. The van der Waals surface area contributed by atoms with Crippen LogP contribution in [0.3, 0.4) is 0 Å². The molecule has 0 spiro atoms. The normalized spacial score (nSPS) is 11.9. The zero-order valence-electron chi connectivity index (χ0n) is 22.8. The predicted molar refractivity (Wildman–Crippen MR) is 163 cm³/mol. The number of hydrogen-bond acceptors (Lipinski definition) is 7. The van der Waals surface area contributed by atoms with E-state index < -0.39 is 5.78 Å². The van der Waals surface area contributed by atoms with Crippen molar-refractivity contribution in [2.24, 2.45) is 0 Å². The number of pyridine rings is 2. The van der Waals surface area contributed by atoms with Crippen molar-refractivity contribution in [1.82, 2.24) is 24.8 Å². The SMILES string of the molecule is C/C=C(\C=C/C(=O)C=CO)C(=O)NCc1ccc(-n2c(-c3cccnc3N)nc3ccc(-c4ccccc4)nc32)cc1. The number of hydrogen-bond donors (Lipinski definition) is 3. The van der Waals surface area contributed by atoms with Gasteiger partial charge in [0.15, 0.2) is 17.3 Å². The predicted octanol–water partition coefficient (Wildman–Crippen LogP) is 5.49. The van der Waals surface area contributed by atoms with Crippen LogP contribution in [0.5, 0.6) is 0 Å². The number of imidazole rings is 1. The molecule has 2 aromatic carbocycles. The molecule has 208 valence electrons. The van der Waals surface area contributed by atoms with Gasteiger partial charge in [0.25, 0.3) is 5.91 Å². The maximum absolute atomic E-state index is 12.7. The Morgan fingerprint density at radius 1 is 0.929 bits per heavy atom. The number of fused-ring (bicyclic) bond motifs is 1. The van der Waals surface area contributed by atoms with E-state index in [1.165, 1.54) is 12.2 Å². The number of aliphatic hydroxyl groups is 1. The van der Waals surface area contributed by atoms with Crippen LogP contribution in [0.15, 0.2) is 121 Å². The third-order valence-corrected chi connectivity index (χ3v) is 6.54. The highest BCUT2D eigenvalue weighted by molar-refractivity contribution is 6.02. The summed E-state index contributed by atoms with van der Waals surface area (Å²) in [5.41, 5.74) is 12.2. The van der Waals surface area contributed by atoms with E-state index in [-0.39, 0.29) is 12.5 Å². The molecule has 0 saturated heterocycles. The lowest BCUT2D eigenvalue weighted by Crippen LogP contribution is -2.23. The van der Waals surface area contributed by atoms with E-state index in [1.807, 2.05) is 83.4 Å². The van der Waals surface area contributed by atoms with Gasteiger partial charge < -0.3 is 16.2 Å². The minimum Gasteiger partial charge on any atom is -0.515 e. The van der Waals surface area contributed by atoms with Crippen molar-refractivity contribution in [3.8, 4) is 28.3 Å². The first-order valence-corrected chi connectivity index (χ1v) is 13.2. The van der Waals surface area contributed by atoms with Gasteiger partial charge in [0.05, 0.1) is 17.5 Å². The summed E-state index contributed by atoms with van der Waals surface area (Å²) in [6, 6.07) is 25.2. The lowest BCUT2D eigenvalue weighted by atomic mass is 10.1. The molecule has 1 amide bonds. The summed E-state index contributed by atoms with van der Waals surface area (Å²) in [4.78, 5) is 38.3. The third kappa shape index (κ3) is 6.00. The highest BCUT2D eigenvalue weighted by Crippen LogP contribution is 2.31. The smallest absolute Gasteiger partial charge is 0.251 e. The van der Waals surface area contributed by atoms with Gasteiger partial charge >= 0.3 is 0 Å². The summed E-state index contributed by atoms with van der Waals surface area (Å²) in [6.45, 7) is 1.98. The fourth-order valence-electron chi connectivity index (χ4n) is 4.41. The molecular formula is C33H28N6O3. The molecule has 5 rings (SSSR count). The highest BCUT2D eigenvalue weighted by Gasteiger charge is 2.19. The topological polar surface area (TPSA) is 136 Å². The van der Waals surface area contributed by atoms with E-state index >= 15 is 0 Å². The monoisotopic (exact) mass is 556 g/mol. The summed E-state index contributed by atoms with van der Waals surface area (Å²) in [5.74, 6) is 0.222. The van der Waals surface area contributed by atoms with Gasteiger partial charge in [-0.1, -0.05) is 48.5 Å². The van der Waals surface area contributed by atoms with Gasteiger partial charge in [0.1, 0.15) is 11.3 Å². The van der Waals surface area contributed by atoms with E-state index in [4.69, 9.17) is 20.8 Å². The summed E-state index contributed by atoms with van der Waals surface area (Å²) in [5, 5.41) is 11.6. The van der Waals surface area contributed by atoms with Crippen molar-refractivity contribution in [2.45, 2.75) is 13.5 Å². The number of ketones is 1. The van der Waals surface area contributed by atoms with Crippen molar-refractivity contribution >= 4 is 28.7 Å². The Labute approximate surface area is 242 Å². The van der Waals surface area contributed by atoms with Gasteiger partial charge in [0.2, 0.25) is 0 Å². The number of nitrogens with zero attached hydrogens (tertiary/aromatic N) is 4. The van der Waals surface area contributed by atoms with Gasteiger partial charge in [0, 0.05) is 35.6 Å². The van der Waals surface area contributed by atoms with Gasteiger partial charge in [-0.15, -0.1) is 0 Å². The van der Waals surface area contributed by atoms with Gasteiger partial charge in [-0.25, -0.2) is 15.0 Å². The number of carbonyl (C=O) groups excluding carboxylic acids is 2. The zero-order chi connectivity index (χ0) is 29.5. The van der Waals surface area contributed by atoms with Gasteiger partial charge in [-0.05, 0) is 61.0 Å².